The van der Waals surface area contributed by atoms with Crippen LogP contribution in [0, 0.1) is 6.92 Å². The van der Waals surface area contributed by atoms with E-state index in [1.165, 1.54) is 11.3 Å². The highest BCUT2D eigenvalue weighted by atomic mass is 35.5. The second-order valence-electron chi connectivity index (χ2n) is 8.93. The van der Waals surface area contributed by atoms with Gasteiger partial charge in [0.15, 0.2) is 0 Å². The van der Waals surface area contributed by atoms with Crippen molar-refractivity contribution >= 4 is 35.0 Å². The van der Waals surface area contributed by atoms with Gasteiger partial charge in [0.25, 0.3) is 5.91 Å². The van der Waals surface area contributed by atoms with Gasteiger partial charge in [-0.2, -0.15) is 0 Å². The molecule has 4 nitrogen and oxygen atoms in total. The minimum absolute atomic E-state index is 0.00227. The quantitative estimate of drug-likeness (QED) is 0.528. The van der Waals surface area contributed by atoms with E-state index in [2.05, 4.69) is 29.2 Å². The largest absolute Gasteiger partial charge is 0.385 e. The summed E-state index contributed by atoms with van der Waals surface area (Å²) in [4.78, 5) is 17.2. The third-order valence-electron chi connectivity index (χ3n) is 6.74. The number of likely N-dealkylation sites (tertiary alicyclic amines) is 1. The Morgan fingerprint density at radius 3 is 2.45 bits per heavy atom. The number of amides is 1. The zero-order valence-electron chi connectivity index (χ0n) is 18.7. The fourth-order valence-corrected chi connectivity index (χ4v) is 5.23. The molecule has 2 aliphatic heterocycles. The Balaban J connectivity index is 1.28. The van der Waals surface area contributed by atoms with Crippen LogP contribution >= 0.6 is 11.6 Å². The molecule has 5 heteroatoms. The van der Waals surface area contributed by atoms with E-state index in [0.717, 1.165) is 23.4 Å². The third-order valence-corrected chi connectivity index (χ3v) is 7.06. The average molecular weight is 459 g/mol. The number of hydrogen-bond donors (Lipinski definition) is 1. The number of fused-ring (bicyclic) bond motifs is 1. The first-order chi connectivity index (χ1) is 15.9. The fraction of sp³-hybridized carbons (Fsp3) is 0.250. The van der Waals surface area contributed by atoms with E-state index < -0.39 is 5.60 Å². The van der Waals surface area contributed by atoms with Gasteiger partial charge >= 0.3 is 0 Å². The molecule has 1 fully saturated rings. The molecule has 0 spiro atoms. The van der Waals surface area contributed by atoms with Crippen molar-refractivity contribution in [2.24, 2.45) is 0 Å². The van der Waals surface area contributed by atoms with Crippen LogP contribution in [-0.4, -0.2) is 35.5 Å². The van der Waals surface area contributed by atoms with Gasteiger partial charge in [0.2, 0.25) is 0 Å². The van der Waals surface area contributed by atoms with Crippen LogP contribution in [0.5, 0.6) is 0 Å². The smallest absolute Gasteiger partial charge is 0.253 e. The molecule has 3 aromatic rings. The van der Waals surface area contributed by atoms with Crippen LogP contribution in [-0.2, 0) is 5.60 Å². The number of carbonyl (C=O) groups is 1. The molecule has 1 N–H and O–H groups in total. The van der Waals surface area contributed by atoms with Crippen molar-refractivity contribution in [3.63, 3.8) is 0 Å². The maximum Gasteiger partial charge on any atom is 0.253 e. The van der Waals surface area contributed by atoms with E-state index in [0.29, 0.717) is 36.5 Å². The lowest BCUT2D eigenvalue weighted by Crippen LogP contribution is -2.45. The highest BCUT2D eigenvalue weighted by molar-refractivity contribution is 6.31. The number of aliphatic hydroxyl groups is 1. The monoisotopic (exact) mass is 458 g/mol. The van der Waals surface area contributed by atoms with Crippen LogP contribution < -0.4 is 4.90 Å². The number of piperidine rings is 1. The summed E-state index contributed by atoms with van der Waals surface area (Å²) in [6.45, 7) is 3.76. The number of benzene rings is 3. The molecule has 0 bridgehead atoms. The molecule has 0 saturated carbocycles. The summed E-state index contributed by atoms with van der Waals surface area (Å²) < 4.78 is 0. The predicted octanol–water partition coefficient (Wildman–Crippen LogP) is 5.94. The van der Waals surface area contributed by atoms with Crippen LogP contribution in [0.4, 0.5) is 11.4 Å². The zero-order valence-corrected chi connectivity index (χ0v) is 19.4. The maximum absolute atomic E-state index is 13.1. The summed E-state index contributed by atoms with van der Waals surface area (Å²) in [5, 5.41) is 11.8. The second kappa shape index (κ2) is 8.69. The van der Waals surface area contributed by atoms with Gasteiger partial charge in [-0.15, -0.1) is 0 Å². The molecular formula is C28H27ClN2O2. The van der Waals surface area contributed by atoms with Crippen molar-refractivity contribution in [2.75, 3.05) is 24.5 Å². The predicted molar refractivity (Wildman–Crippen MR) is 134 cm³/mol. The molecule has 2 aliphatic rings. The van der Waals surface area contributed by atoms with Crippen molar-refractivity contribution in [1.29, 1.82) is 0 Å². The highest BCUT2D eigenvalue weighted by Gasteiger charge is 2.37. The Morgan fingerprint density at radius 1 is 1.00 bits per heavy atom. The number of carbonyl (C=O) groups excluding carboxylic acids is 1. The number of halogens is 1. The number of aryl methyl sites for hydroxylation is 1. The topological polar surface area (TPSA) is 43.8 Å². The van der Waals surface area contributed by atoms with E-state index in [1.54, 1.807) is 0 Å². The van der Waals surface area contributed by atoms with E-state index in [-0.39, 0.29) is 5.91 Å². The third kappa shape index (κ3) is 4.17. The molecule has 0 aliphatic carbocycles. The lowest BCUT2D eigenvalue weighted by Gasteiger charge is -2.39. The number of para-hydroxylation sites is 1. The number of nitrogens with zero attached hydrogens (tertiary/aromatic N) is 2. The molecule has 1 amide bonds. The molecule has 2 heterocycles. The van der Waals surface area contributed by atoms with Crippen LogP contribution in [0.1, 0.15) is 39.9 Å². The van der Waals surface area contributed by atoms with Gasteiger partial charge < -0.3 is 14.9 Å². The standard InChI is InChI=1S/C28H27ClN2O2/c1-20-8-13-24(25(29)19-20)28(33)14-17-30(18-15-28)27(32)22-9-11-23(12-10-22)31-16-4-6-21-5-2-3-7-26(21)31/h2-13,19,33H,14-18H2,1H3. The molecule has 0 atom stereocenters. The SMILES string of the molecule is Cc1ccc(C2(O)CCN(C(=O)c3ccc(N4CC=Cc5ccccc54)cc3)CC2)c(Cl)c1. The number of anilines is 2. The van der Waals surface area contributed by atoms with Crippen molar-refractivity contribution in [1.82, 2.24) is 4.90 Å². The van der Waals surface area contributed by atoms with Gasteiger partial charge in [-0.05, 0) is 67.3 Å². The Bertz CT molecular complexity index is 1210. The van der Waals surface area contributed by atoms with Crippen LogP contribution in [0.15, 0.2) is 72.8 Å². The summed E-state index contributed by atoms with van der Waals surface area (Å²) in [6, 6.07) is 21.9. The van der Waals surface area contributed by atoms with E-state index in [4.69, 9.17) is 11.6 Å². The highest BCUT2D eigenvalue weighted by Crippen LogP contribution is 2.38. The van der Waals surface area contributed by atoms with Crippen molar-refractivity contribution in [3.8, 4) is 0 Å². The normalized spacial score (nSPS) is 17.1. The first-order valence-electron chi connectivity index (χ1n) is 11.4. The fourth-order valence-electron chi connectivity index (χ4n) is 4.82. The Morgan fingerprint density at radius 2 is 1.73 bits per heavy atom. The number of rotatable bonds is 3. The van der Waals surface area contributed by atoms with Gasteiger partial charge in [0.1, 0.15) is 0 Å². The van der Waals surface area contributed by atoms with Crippen LogP contribution in [0.3, 0.4) is 0 Å². The van der Waals surface area contributed by atoms with Crippen LogP contribution in [0.25, 0.3) is 6.08 Å². The molecule has 0 unspecified atom stereocenters. The van der Waals surface area contributed by atoms with Crippen molar-refractivity contribution in [3.05, 3.63) is 100 Å². The molecule has 168 valence electrons. The molecule has 33 heavy (non-hydrogen) atoms. The van der Waals surface area contributed by atoms with Crippen molar-refractivity contribution in [2.45, 2.75) is 25.4 Å². The number of hydrogen-bond acceptors (Lipinski definition) is 3. The Kier molecular flexibility index (Phi) is 5.73. The molecule has 1 saturated heterocycles. The van der Waals surface area contributed by atoms with Crippen LogP contribution in [0.2, 0.25) is 5.02 Å². The van der Waals surface area contributed by atoms with Gasteiger partial charge in [0.05, 0.1) is 5.60 Å². The second-order valence-corrected chi connectivity index (χ2v) is 9.33. The van der Waals surface area contributed by atoms with Gasteiger partial charge in [-0.25, -0.2) is 0 Å². The first-order valence-corrected chi connectivity index (χ1v) is 11.7. The van der Waals surface area contributed by atoms with Crippen molar-refractivity contribution < 1.29 is 9.90 Å². The molecule has 0 aromatic heterocycles. The van der Waals surface area contributed by atoms with E-state index >= 15 is 0 Å². The summed E-state index contributed by atoms with van der Waals surface area (Å²) >= 11 is 6.41. The zero-order chi connectivity index (χ0) is 23.0. The minimum Gasteiger partial charge on any atom is -0.385 e. The van der Waals surface area contributed by atoms with Gasteiger partial charge in [-0.3, -0.25) is 4.79 Å². The van der Waals surface area contributed by atoms with E-state index in [9.17, 15) is 9.90 Å². The minimum atomic E-state index is -0.999. The molecule has 3 aromatic carbocycles. The van der Waals surface area contributed by atoms with Gasteiger partial charge in [0, 0.05) is 47.2 Å². The summed E-state index contributed by atoms with van der Waals surface area (Å²) in [5.74, 6) is -0.00227. The molecule has 5 rings (SSSR count). The Hall–Kier alpha value is -3.08. The van der Waals surface area contributed by atoms with Gasteiger partial charge in [-0.1, -0.05) is 54.1 Å². The lowest BCUT2D eigenvalue weighted by molar-refractivity contribution is -0.0210. The first kappa shape index (κ1) is 21.7. The summed E-state index contributed by atoms with van der Waals surface area (Å²) in [6.07, 6.45) is 5.23. The molecule has 0 radical (unpaired) electrons. The molecular weight excluding hydrogens is 432 g/mol. The Labute approximate surface area is 199 Å². The lowest BCUT2D eigenvalue weighted by atomic mass is 9.84. The maximum atomic E-state index is 13.1. The summed E-state index contributed by atoms with van der Waals surface area (Å²) in [5.41, 5.74) is 4.90. The van der Waals surface area contributed by atoms with E-state index in [1.807, 2.05) is 66.4 Å². The summed E-state index contributed by atoms with van der Waals surface area (Å²) in [7, 11) is 0. The average Bonchev–Trinajstić information content (AvgIpc) is 2.84.